The number of hydrogen-bond acceptors (Lipinski definition) is 1. The summed E-state index contributed by atoms with van der Waals surface area (Å²) in [5.41, 5.74) is 0. The zero-order chi connectivity index (χ0) is 4.41. The van der Waals surface area contributed by atoms with E-state index in [0.29, 0.717) is 6.04 Å². The molecule has 1 atom stereocenters. The lowest BCUT2D eigenvalue weighted by atomic mass is 10.2. The van der Waals surface area contributed by atoms with Crippen molar-refractivity contribution in [2.75, 3.05) is 0 Å². The Morgan fingerprint density at radius 2 is 2.67 bits per heavy atom. The van der Waals surface area contributed by atoms with Crippen molar-refractivity contribution in [1.29, 1.82) is 0 Å². The van der Waals surface area contributed by atoms with Crippen LogP contribution in [0.2, 0.25) is 0 Å². The molecule has 1 nitrogen and oxygen atoms in total. The molecule has 0 aromatic carbocycles. The fourth-order valence-electron chi connectivity index (χ4n) is 0.645. The Morgan fingerprint density at radius 3 is 2.83 bits per heavy atom. The van der Waals surface area contributed by atoms with Crippen molar-refractivity contribution in [3.8, 4) is 0 Å². The lowest BCUT2D eigenvalue weighted by molar-refractivity contribution is 0.739. The van der Waals surface area contributed by atoms with Crippen molar-refractivity contribution in [3.63, 3.8) is 0 Å². The summed E-state index contributed by atoms with van der Waals surface area (Å²) in [6.07, 6.45) is 4.46. The summed E-state index contributed by atoms with van der Waals surface area (Å²) >= 11 is 0. The Hall–Kier alpha value is -0.330. The molecule has 1 heterocycles. The van der Waals surface area contributed by atoms with E-state index in [-0.39, 0.29) is 0 Å². The van der Waals surface area contributed by atoms with Crippen LogP contribution in [0.25, 0.3) is 0 Å². The average molecular weight is 83.1 g/mol. The molecule has 0 aliphatic carbocycles. The van der Waals surface area contributed by atoms with Gasteiger partial charge in [0.15, 0.2) is 0 Å². The second kappa shape index (κ2) is 1.41. The van der Waals surface area contributed by atoms with E-state index in [1.54, 1.807) is 0 Å². The largest absolute Gasteiger partial charge is 0.294 e. The quantitative estimate of drug-likeness (QED) is 0.418. The standard InChI is InChI=1S/C5H9N/c1-5-3-2-4-6-5/h4-5H,2-3H2,1H3. The third-order valence-corrected chi connectivity index (χ3v) is 1.07. The Balaban J connectivity index is 2.38. The molecule has 1 aliphatic heterocycles. The van der Waals surface area contributed by atoms with Crippen LogP contribution in [0, 0.1) is 0 Å². The van der Waals surface area contributed by atoms with Gasteiger partial charge in [0.05, 0.1) is 0 Å². The molecular formula is C5H9N. The highest BCUT2D eigenvalue weighted by Gasteiger charge is 2.00. The van der Waals surface area contributed by atoms with Gasteiger partial charge in [-0.05, 0) is 26.0 Å². The van der Waals surface area contributed by atoms with Crippen LogP contribution in [0.3, 0.4) is 0 Å². The molecule has 0 radical (unpaired) electrons. The number of nitrogens with zero attached hydrogens (tertiary/aromatic N) is 1. The van der Waals surface area contributed by atoms with E-state index in [1.165, 1.54) is 12.8 Å². The third-order valence-electron chi connectivity index (χ3n) is 1.07. The van der Waals surface area contributed by atoms with E-state index in [9.17, 15) is 0 Å². The number of aliphatic imine (C=N–C) groups is 1. The molecule has 0 N–H and O–H groups in total. The molecule has 34 valence electrons. The lowest BCUT2D eigenvalue weighted by Gasteiger charge is -1.88. The molecule has 0 saturated heterocycles. The topological polar surface area (TPSA) is 12.4 Å². The second-order valence-electron chi connectivity index (χ2n) is 1.76. The lowest BCUT2D eigenvalue weighted by Crippen LogP contribution is -1.86. The maximum absolute atomic E-state index is 4.11. The second-order valence-corrected chi connectivity index (χ2v) is 1.76. The predicted molar refractivity (Wildman–Crippen MR) is 27.2 cm³/mol. The van der Waals surface area contributed by atoms with Crippen LogP contribution in [0.15, 0.2) is 4.99 Å². The van der Waals surface area contributed by atoms with E-state index in [4.69, 9.17) is 0 Å². The Kier molecular flexibility index (Phi) is 0.906. The van der Waals surface area contributed by atoms with Crippen LogP contribution < -0.4 is 0 Å². The first-order chi connectivity index (χ1) is 2.89. The molecule has 1 aliphatic rings. The maximum Gasteiger partial charge on any atom is 0.0471 e. The summed E-state index contributed by atoms with van der Waals surface area (Å²) in [7, 11) is 0. The van der Waals surface area contributed by atoms with Crippen molar-refractivity contribution in [2.24, 2.45) is 4.99 Å². The van der Waals surface area contributed by atoms with Gasteiger partial charge in [-0.2, -0.15) is 0 Å². The normalized spacial score (nSPS) is 31.8. The summed E-state index contributed by atoms with van der Waals surface area (Å²) in [5.74, 6) is 0. The van der Waals surface area contributed by atoms with Crippen molar-refractivity contribution >= 4 is 6.21 Å². The SMILES string of the molecule is CC1CCC=N1. The van der Waals surface area contributed by atoms with Gasteiger partial charge in [-0.15, -0.1) is 0 Å². The summed E-state index contributed by atoms with van der Waals surface area (Å²) in [6, 6.07) is 0.616. The van der Waals surface area contributed by atoms with Crippen LogP contribution in [0.4, 0.5) is 0 Å². The molecule has 0 amide bonds. The van der Waals surface area contributed by atoms with Crippen molar-refractivity contribution in [3.05, 3.63) is 0 Å². The van der Waals surface area contributed by atoms with Gasteiger partial charge in [0, 0.05) is 6.04 Å². The molecule has 0 spiro atoms. The smallest absolute Gasteiger partial charge is 0.0471 e. The number of rotatable bonds is 0. The van der Waals surface area contributed by atoms with Crippen LogP contribution in [0.1, 0.15) is 19.8 Å². The van der Waals surface area contributed by atoms with E-state index in [0.717, 1.165) is 0 Å². The molecule has 1 unspecified atom stereocenters. The molecule has 0 aromatic rings. The van der Waals surface area contributed by atoms with E-state index < -0.39 is 0 Å². The fourth-order valence-corrected chi connectivity index (χ4v) is 0.645. The van der Waals surface area contributed by atoms with Gasteiger partial charge in [0.1, 0.15) is 0 Å². The summed E-state index contributed by atoms with van der Waals surface area (Å²) in [5, 5.41) is 0. The maximum atomic E-state index is 4.11. The summed E-state index contributed by atoms with van der Waals surface area (Å²) in [6.45, 7) is 2.14. The van der Waals surface area contributed by atoms with Crippen LogP contribution in [0.5, 0.6) is 0 Å². The Labute approximate surface area is 38.1 Å². The molecule has 1 rings (SSSR count). The minimum atomic E-state index is 0.616. The molecule has 0 bridgehead atoms. The highest BCUT2D eigenvalue weighted by molar-refractivity contribution is 5.59. The van der Waals surface area contributed by atoms with Crippen LogP contribution in [-0.2, 0) is 0 Å². The van der Waals surface area contributed by atoms with Gasteiger partial charge in [-0.25, -0.2) is 0 Å². The summed E-state index contributed by atoms with van der Waals surface area (Å²) in [4.78, 5) is 4.11. The molecular weight excluding hydrogens is 74.1 g/mol. The molecule has 0 saturated carbocycles. The predicted octanol–water partition coefficient (Wildman–Crippen LogP) is 1.24. The van der Waals surface area contributed by atoms with Crippen LogP contribution in [-0.4, -0.2) is 12.3 Å². The summed E-state index contributed by atoms with van der Waals surface area (Å²) < 4.78 is 0. The molecule has 0 fully saturated rings. The highest BCUT2D eigenvalue weighted by atomic mass is 14.8. The van der Waals surface area contributed by atoms with Gasteiger partial charge in [0.25, 0.3) is 0 Å². The highest BCUT2D eigenvalue weighted by Crippen LogP contribution is 2.04. The number of hydrogen-bond donors (Lipinski definition) is 0. The average Bonchev–Trinajstić information content (AvgIpc) is 1.86. The van der Waals surface area contributed by atoms with Crippen molar-refractivity contribution in [1.82, 2.24) is 0 Å². The van der Waals surface area contributed by atoms with Gasteiger partial charge >= 0.3 is 0 Å². The van der Waals surface area contributed by atoms with E-state index in [2.05, 4.69) is 11.9 Å². The Bertz CT molecular complexity index is 66.3. The first-order valence-electron chi connectivity index (χ1n) is 2.41. The van der Waals surface area contributed by atoms with E-state index in [1.807, 2.05) is 6.21 Å². The first kappa shape index (κ1) is 3.85. The molecule has 1 heteroatoms. The van der Waals surface area contributed by atoms with Gasteiger partial charge in [0.2, 0.25) is 0 Å². The van der Waals surface area contributed by atoms with Gasteiger partial charge in [-0.1, -0.05) is 0 Å². The monoisotopic (exact) mass is 83.1 g/mol. The van der Waals surface area contributed by atoms with Crippen molar-refractivity contribution < 1.29 is 0 Å². The van der Waals surface area contributed by atoms with Crippen molar-refractivity contribution in [2.45, 2.75) is 25.8 Å². The van der Waals surface area contributed by atoms with Gasteiger partial charge in [-0.3, -0.25) is 4.99 Å². The first-order valence-corrected chi connectivity index (χ1v) is 2.41. The fraction of sp³-hybridized carbons (Fsp3) is 0.800. The molecule has 0 aromatic heterocycles. The zero-order valence-electron chi connectivity index (χ0n) is 4.02. The van der Waals surface area contributed by atoms with Gasteiger partial charge < -0.3 is 0 Å². The van der Waals surface area contributed by atoms with E-state index >= 15 is 0 Å². The third kappa shape index (κ3) is 0.588. The minimum Gasteiger partial charge on any atom is -0.294 e. The van der Waals surface area contributed by atoms with Crippen LogP contribution >= 0.6 is 0 Å². The zero-order valence-corrected chi connectivity index (χ0v) is 4.02. The molecule has 6 heavy (non-hydrogen) atoms. The Morgan fingerprint density at radius 1 is 1.83 bits per heavy atom. The minimum absolute atomic E-state index is 0.616.